The average molecular weight is 411 g/mol. The Bertz CT molecular complexity index is 969. The molecule has 1 heterocycles. The van der Waals surface area contributed by atoms with Gasteiger partial charge in [0.25, 0.3) is 5.91 Å². The van der Waals surface area contributed by atoms with Crippen LogP contribution in [0.25, 0.3) is 0 Å². The monoisotopic (exact) mass is 411 g/mol. The van der Waals surface area contributed by atoms with E-state index in [1.54, 1.807) is 49.4 Å². The number of carbonyl (C=O) groups is 2. The zero-order chi connectivity index (χ0) is 21.7. The van der Waals surface area contributed by atoms with Crippen LogP contribution in [0.2, 0.25) is 0 Å². The molecule has 158 valence electrons. The van der Waals surface area contributed by atoms with Crippen LogP contribution < -0.4 is 30.2 Å². The zero-order valence-corrected chi connectivity index (χ0v) is 17.4. The molecule has 3 N–H and O–H groups in total. The van der Waals surface area contributed by atoms with E-state index < -0.39 is 12.1 Å². The number of hydrogen-bond acceptors (Lipinski definition) is 5. The fourth-order valence-corrected chi connectivity index (χ4v) is 3.37. The molecule has 2 aromatic rings. The number of anilines is 1. The Labute approximate surface area is 175 Å². The fourth-order valence-electron chi connectivity index (χ4n) is 3.37. The van der Waals surface area contributed by atoms with E-state index in [-0.39, 0.29) is 5.91 Å². The summed E-state index contributed by atoms with van der Waals surface area (Å²) in [6.07, 6.45) is 0. The highest BCUT2D eigenvalue weighted by molar-refractivity contribution is 6.07. The first kappa shape index (κ1) is 21.0. The Morgan fingerprint density at radius 3 is 2.47 bits per heavy atom. The molecule has 0 saturated heterocycles. The van der Waals surface area contributed by atoms with Gasteiger partial charge in [0.15, 0.2) is 11.5 Å². The van der Waals surface area contributed by atoms with Crippen molar-refractivity contribution in [2.45, 2.75) is 19.9 Å². The molecule has 8 heteroatoms. The molecule has 0 bridgehead atoms. The highest BCUT2D eigenvalue weighted by Gasteiger charge is 2.33. The molecular weight excluding hydrogens is 386 g/mol. The summed E-state index contributed by atoms with van der Waals surface area (Å²) in [5, 5.41) is 8.35. The van der Waals surface area contributed by atoms with Crippen molar-refractivity contribution in [2.24, 2.45) is 0 Å². The Morgan fingerprint density at radius 1 is 1.10 bits per heavy atom. The van der Waals surface area contributed by atoms with Crippen molar-refractivity contribution in [3.8, 4) is 17.2 Å². The number of urea groups is 1. The molecule has 1 atom stereocenters. The van der Waals surface area contributed by atoms with E-state index in [0.717, 1.165) is 5.75 Å². The summed E-state index contributed by atoms with van der Waals surface area (Å²) in [6.45, 7) is 4.15. The third kappa shape index (κ3) is 4.32. The lowest BCUT2D eigenvalue weighted by molar-refractivity contribution is -0.113. The van der Waals surface area contributed by atoms with Crippen LogP contribution in [0.15, 0.2) is 53.7 Å². The zero-order valence-electron chi connectivity index (χ0n) is 17.4. The van der Waals surface area contributed by atoms with Crippen LogP contribution >= 0.6 is 0 Å². The number of allylic oxidation sites excluding steroid dienone is 1. The number of hydrogen-bond donors (Lipinski definition) is 3. The van der Waals surface area contributed by atoms with E-state index in [1.807, 2.05) is 6.92 Å². The maximum absolute atomic E-state index is 13.2. The molecule has 30 heavy (non-hydrogen) atoms. The molecule has 1 aliphatic rings. The van der Waals surface area contributed by atoms with Gasteiger partial charge in [0.2, 0.25) is 0 Å². The molecule has 0 fully saturated rings. The quantitative estimate of drug-likeness (QED) is 0.649. The second-order valence-corrected chi connectivity index (χ2v) is 6.56. The Morgan fingerprint density at radius 2 is 1.83 bits per heavy atom. The van der Waals surface area contributed by atoms with E-state index in [4.69, 9.17) is 14.2 Å². The van der Waals surface area contributed by atoms with E-state index in [9.17, 15) is 9.59 Å². The van der Waals surface area contributed by atoms with Crippen LogP contribution in [-0.2, 0) is 4.79 Å². The molecule has 0 saturated carbocycles. The van der Waals surface area contributed by atoms with Gasteiger partial charge in [-0.25, -0.2) is 4.79 Å². The minimum absolute atomic E-state index is 0.348. The van der Waals surface area contributed by atoms with Crippen LogP contribution in [0, 0.1) is 0 Å². The predicted octanol–water partition coefficient (Wildman–Crippen LogP) is 3.37. The van der Waals surface area contributed by atoms with Crippen molar-refractivity contribution in [1.29, 1.82) is 0 Å². The normalized spacial score (nSPS) is 15.7. The first-order valence-electron chi connectivity index (χ1n) is 9.51. The third-order valence-electron chi connectivity index (χ3n) is 4.68. The van der Waals surface area contributed by atoms with E-state index in [0.29, 0.717) is 40.6 Å². The van der Waals surface area contributed by atoms with Crippen LogP contribution in [-0.4, -0.2) is 32.8 Å². The highest BCUT2D eigenvalue weighted by atomic mass is 16.5. The van der Waals surface area contributed by atoms with Gasteiger partial charge in [-0.05, 0) is 44.2 Å². The maximum Gasteiger partial charge on any atom is 0.319 e. The summed E-state index contributed by atoms with van der Waals surface area (Å²) < 4.78 is 16.3. The van der Waals surface area contributed by atoms with Gasteiger partial charge in [-0.3, -0.25) is 4.79 Å². The van der Waals surface area contributed by atoms with Crippen LogP contribution in [0.3, 0.4) is 0 Å². The Balaban J connectivity index is 1.95. The third-order valence-corrected chi connectivity index (χ3v) is 4.68. The predicted molar refractivity (Wildman–Crippen MR) is 113 cm³/mol. The smallest absolute Gasteiger partial charge is 0.319 e. The summed E-state index contributed by atoms with van der Waals surface area (Å²) in [5.41, 5.74) is 2.05. The minimum Gasteiger partial charge on any atom is -0.494 e. The van der Waals surface area contributed by atoms with E-state index in [1.165, 1.54) is 14.2 Å². The van der Waals surface area contributed by atoms with Gasteiger partial charge < -0.3 is 30.2 Å². The second-order valence-electron chi connectivity index (χ2n) is 6.56. The van der Waals surface area contributed by atoms with Crippen LogP contribution in [0.4, 0.5) is 10.5 Å². The van der Waals surface area contributed by atoms with Gasteiger partial charge in [0, 0.05) is 16.9 Å². The molecule has 0 spiro atoms. The fraction of sp³-hybridized carbons (Fsp3) is 0.273. The molecule has 1 unspecified atom stereocenters. The minimum atomic E-state index is -0.716. The van der Waals surface area contributed by atoms with Crippen molar-refractivity contribution >= 4 is 17.6 Å². The Hall–Kier alpha value is -3.68. The number of nitrogens with one attached hydrogen (secondary N) is 3. The molecule has 0 radical (unpaired) electrons. The van der Waals surface area contributed by atoms with Gasteiger partial charge in [0.05, 0.1) is 32.4 Å². The van der Waals surface area contributed by atoms with Gasteiger partial charge in [-0.1, -0.05) is 12.1 Å². The number of amides is 3. The number of ether oxygens (including phenoxy) is 3. The highest BCUT2D eigenvalue weighted by Crippen LogP contribution is 2.39. The summed E-state index contributed by atoms with van der Waals surface area (Å²) in [6, 6.07) is 11.3. The molecule has 2 aromatic carbocycles. The summed E-state index contributed by atoms with van der Waals surface area (Å²) in [4.78, 5) is 25.3. The number of methoxy groups -OCH3 is 2. The van der Waals surface area contributed by atoms with Gasteiger partial charge >= 0.3 is 6.03 Å². The Kier molecular flexibility index (Phi) is 6.46. The summed E-state index contributed by atoms with van der Waals surface area (Å²) >= 11 is 0. The number of benzene rings is 2. The molecule has 0 aromatic heterocycles. The first-order valence-corrected chi connectivity index (χ1v) is 9.51. The number of para-hydroxylation sites is 1. The van der Waals surface area contributed by atoms with E-state index in [2.05, 4.69) is 16.0 Å². The standard InChI is InChI=1S/C22H25N3O5/c1-5-30-15-11-9-14(10-12-15)24-21(26)18-13(2)23-22(27)25-19(18)16-7-6-8-17(28-3)20(16)29-4/h6-12,19H,5H2,1-4H3,(H,24,26)(H2,23,25,27). The average Bonchev–Trinajstić information content (AvgIpc) is 2.73. The van der Waals surface area contributed by atoms with Crippen molar-refractivity contribution in [3.05, 3.63) is 59.3 Å². The SMILES string of the molecule is CCOc1ccc(NC(=O)C2=C(C)NC(=O)NC2c2cccc(OC)c2OC)cc1. The lowest BCUT2D eigenvalue weighted by atomic mass is 9.93. The molecule has 0 aliphatic carbocycles. The van der Waals surface area contributed by atoms with E-state index >= 15 is 0 Å². The number of rotatable bonds is 7. The van der Waals surface area contributed by atoms with Gasteiger partial charge in [-0.2, -0.15) is 0 Å². The van der Waals surface area contributed by atoms with Gasteiger partial charge in [-0.15, -0.1) is 0 Å². The lowest BCUT2D eigenvalue weighted by Gasteiger charge is -2.30. The van der Waals surface area contributed by atoms with Crippen molar-refractivity contribution < 1.29 is 23.8 Å². The summed E-state index contributed by atoms with van der Waals surface area (Å²) in [7, 11) is 3.05. The lowest BCUT2D eigenvalue weighted by Crippen LogP contribution is -2.46. The number of carbonyl (C=O) groups excluding carboxylic acids is 2. The maximum atomic E-state index is 13.2. The molecular formula is C22H25N3O5. The first-order chi connectivity index (χ1) is 14.5. The molecule has 8 nitrogen and oxygen atoms in total. The second kappa shape index (κ2) is 9.21. The molecule has 3 rings (SSSR count). The van der Waals surface area contributed by atoms with Crippen molar-refractivity contribution in [1.82, 2.24) is 10.6 Å². The molecule has 1 aliphatic heterocycles. The summed E-state index contributed by atoms with van der Waals surface area (Å²) in [5.74, 6) is 1.33. The van der Waals surface area contributed by atoms with Crippen molar-refractivity contribution in [3.63, 3.8) is 0 Å². The molecule has 3 amide bonds. The largest absolute Gasteiger partial charge is 0.494 e. The van der Waals surface area contributed by atoms with Gasteiger partial charge in [0.1, 0.15) is 5.75 Å². The van der Waals surface area contributed by atoms with Crippen molar-refractivity contribution in [2.75, 3.05) is 26.1 Å². The van der Waals surface area contributed by atoms with Crippen LogP contribution in [0.1, 0.15) is 25.5 Å². The topological polar surface area (TPSA) is 97.9 Å². The van der Waals surface area contributed by atoms with Crippen LogP contribution in [0.5, 0.6) is 17.2 Å².